The lowest BCUT2D eigenvalue weighted by atomic mass is 10.4. The Labute approximate surface area is 94.1 Å². The van der Waals surface area contributed by atoms with Crippen LogP contribution in [0.25, 0.3) is 0 Å². The molecule has 0 aromatic carbocycles. The smallest absolute Gasteiger partial charge is 0.284 e. The molecule has 8 heteroatoms. The molecule has 0 spiro atoms. The third-order valence-electron chi connectivity index (χ3n) is 1.76. The van der Waals surface area contributed by atoms with Gasteiger partial charge in [0.1, 0.15) is 10.9 Å². The summed E-state index contributed by atoms with van der Waals surface area (Å²) in [5.41, 5.74) is -1.17. The molecule has 0 aliphatic carbocycles. The van der Waals surface area contributed by atoms with Crippen LogP contribution in [-0.2, 0) is 6.18 Å². The molecular weight excluding hydrogens is 241 g/mol. The molecule has 0 bridgehead atoms. The van der Waals surface area contributed by atoms with Gasteiger partial charge in [-0.2, -0.15) is 18.4 Å². The predicted octanol–water partition coefficient (Wildman–Crippen LogP) is 2.12. The highest BCUT2D eigenvalue weighted by atomic mass is 32.1. The first-order chi connectivity index (χ1) is 7.27. The van der Waals surface area contributed by atoms with Crippen LogP contribution in [0.4, 0.5) is 18.3 Å². The summed E-state index contributed by atoms with van der Waals surface area (Å²) in [6.07, 6.45) is -4.63. The quantitative estimate of drug-likeness (QED) is 0.645. The SMILES string of the molecule is CC(C)N(N)c1nc(C(F)(F)F)c(C#N)s1. The predicted molar refractivity (Wildman–Crippen MR) is 53.6 cm³/mol. The van der Waals surface area contributed by atoms with Crippen LogP contribution in [0.3, 0.4) is 0 Å². The van der Waals surface area contributed by atoms with E-state index in [1.54, 1.807) is 13.8 Å². The Kier molecular flexibility index (Phi) is 3.40. The number of thiazole rings is 1. The van der Waals surface area contributed by atoms with Crippen molar-refractivity contribution in [1.29, 1.82) is 5.26 Å². The van der Waals surface area contributed by atoms with E-state index in [9.17, 15) is 13.2 Å². The van der Waals surface area contributed by atoms with Crippen molar-refractivity contribution in [3.8, 4) is 6.07 Å². The van der Waals surface area contributed by atoms with Gasteiger partial charge in [-0.15, -0.1) is 0 Å². The maximum Gasteiger partial charge on any atom is 0.435 e. The van der Waals surface area contributed by atoms with Crippen LogP contribution < -0.4 is 10.9 Å². The fourth-order valence-corrected chi connectivity index (χ4v) is 1.85. The third-order valence-corrected chi connectivity index (χ3v) is 2.74. The van der Waals surface area contributed by atoms with Crippen LogP contribution in [0.2, 0.25) is 0 Å². The Balaban J connectivity index is 3.20. The number of nitrogens with two attached hydrogens (primary N) is 1. The van der Waals surface area contributed by atoms with E-state index in [1.807, 2.05) is 0 Å². The molecule has 1 aromatic rings. The van der Waals surface area contributed by atoms with Crippen molar-refractivity contribution in [3.05, 3.63) is 10.6 Å². The third kappa shape index (κ3) is 2.43. The molecule has 0 amide bonds. The summed E-state index contributed by atoms with van der Waals surface area (Å²) in [6, 6.07) is 1.27. The number of rotatable bonds is 2. The Morgan fingerprint density at radius 2 is 2.06 bits per heavy atom. The summed E-state index contributed by atoms with van der Waals surface area (Å²) in [5, 5.41) is 9.66. The van der Waals surface area contributed by atoms with Gasteiger partial charge < -0.3 is 0 Å². The van der Waals surface area contributed by atoms with E-state index in [0.717, 1.165) is 5.01 Å². The van der Waals surface area contributed by atoms with Gasteiger partial charge in [-0.05, 0) is 13.8 Å². The second-order valence-electron chi connectivity index (χ2n) is 3.28. The molecule has 0 fully saturated rings. The fraction of sp³-hybridized carbons (Fsp3) is 0.500. The molecule has 2 N–H and O–H groups in total. The molecule has 16 heavy (non-hydrogen) atoms. The first-order valence-corrected chi connectivity index (χ1v) is 5.11. The van der Waals surface area contributed by atoms with Crippen LogP contribution in [0.5, 0.6) is 0 Å². The average molecular weight is 250 g/mol. The second kappa shape index (κ2) is 4.27. The van der Waals surface area contributed by atoms with Gasteiger partial charge in [-0.1, -0.05) is 11.3 Å². The Hall–Kier alpha value is -1.33. The lowest BCUT2D eigenvalue weighted by Crippen LogP contribution is -2.37. The van der Waals surface area contributed by atoms with Gasteiger partial charge in [-0.25, -0.2) is 10.8 Å². The summed E-state index contributed by atoms with van der Waals surface area (Å²) in [7, 11) is 0. The number of hydrazine groups is 1. The van der Waals surface area contributed by atoms with E-state index in [0.29, 0.717) is 11.3 Å². The normalized spacial score (nSPS) is 11.6. The van der Waals surface area contributed by atoms with Crippen molar-refractivity contribution in [1.82, 2.24) is 4.98 Å². The van der Waals surface area contributed by atoms with Gasteiger partial charge in [-0.3, -0.25) is 5.01 Å². The monoisotopic (exact) mass is 250 g/mol. The molecule has 1 heterocycles. The molecule has 0 atom stereocenters. The topological polar surface area (TPSA) is 65.9 Å². The summed E-state index contributed by atoms with van der Waals surface area (Å²) in [4.78, 5) is 2.87. The molecule has 1 aromatic heterocycles. The lowest BCUT2D eigenvalue weighted by Gasteiger charge is -2.18. The fourth-order valence-electron chi connectivity index (χ4n) is 0.908. The van der Waals surface area contributed by atoms with E-state index in [2.05, 4.69) is 4.98 Å². The Morgan fingerprint density at radius 3 is 2.38 bits per heavy atom. The lowest BCUT2D eigenvalue weighted by molar-refractivity contribution is -0.140. The molecule has 0 aliphatic heterocycles. The number of alkyl halides is 3. The highest BCUT2D eigenvalue weighted by Gasteiger charge is 2.38. The molecule has 0 saturated carbocycles. The molecule has 4 nitrogen and oxygen atoms in total. The highest BCUT2D eigenvalue weighted by Crippen LogP contribution is 2.36. The number of nitrogens with zero attached hydrogens (tertiary/aromatic N) is 3. The van der Waals surface area contributed by atoms with E-state index >= 15 is 0 Å². The van der Waals surface area contributed by atoms with Crippen molar-refractivity contribution in [3.63, 3.8) is 0 Å². The summed E-state index contributed by atoms with van der Waals surface area (Å²) >= 11 is 0.632. The van der Waals surface area contributed by atoms with Crippen molar-refractivity contribution in [2.24, 2.45) is 5.84 Å². The minimum absolute atomic E-state index is 0.0149. The zero-order valence-electron chi connectivity index (χ0n) is 8.54. The average Bonchev–Trinajstić information content (AvgIpc) is 2.59. The van der Waals surface area contributed by atoms with E-state index in [1.165, 1.54) is 6.07 Å². The summed E-state index contributed by atoms with van der Waals surface area (Å²) in [6.45, 7) is 3.42. The van der Waals surface area contributed by atoms with Crippen LogP contribution in [0.1, 0.15) is 24.4 Å². The van der Waals surface area contributed by atoms with Gasteiger partial charge in [0.2, 0.25) is 5.13 Å². The number of aromatic nitrogens is 1. The molecule has 0 saturated heterocycles. The standard InChI is InChI=1S/C8H9F3N4S/c1-4(2)15(13)7-14-6(8(9,10)11)5(3-12)16-7/h4H,13H2,1-2H3. The van der Waals surface area contributed by atoms with Gasteiger partial charge in [0, 0.05) is 6.04 Å². The molecule has 0 aliphatic rings. The maximum atomic E-state index is 12.4. The van der Waals surface area contributed by atoms with Gasteiger partial charge >= 0.3 is 6.18 Å². The number of hydrogen-bond donors (Lipinski definition) is 1. The summed E-state index contributed by atoms with van der Waals surface area (Å²) < 4.78 is 37.3. The van der Waals surface area contributed by atoms with Crippen LogP contribution in [-0.4, -0.2) is 11.0 Å². The number of nitriles is 1. The van der Waals surface area contributed by atoms with Gasteiger partial charge in [0.25, 0.3) is 0 Å². The zero-order chi connectivity index (χ0) is 12.5. The minimum Gasteiger partial charge on any atom is -0.284 e. The van der Waals surface area contributed by atoms with E-state index < -0.39 is 16.7 Å². The molecule has 0 radical (unpaired) electrons. The number of hydrogen-bond acceptors (Lipinski definition) is 5. The first-order valence-electron chi connectivity index (χ1n) is 4.29. The highest BCUT2D eigenvalue weighted by molar-refractivity contribution is 7.16. The molecule has 0 unspecified atom stereocenters. The van der Waals surface area contributed by atoms with Crippen molar-refractivity contribution in [2.75, 3.05) is 5.01 Å². The van der Waals surface area contributed by atoms with Crippen LogP contribution in [0.15, 0.2) is 0 Å². The molecule has 1 rings (SSSR count). The van der Waals surface area contributed by atoms with E-state index in [4.69, 9.17) is 11.1 Å². The first kappa shape index (κ1) is 12.7. The van der Waals surface area contributed by atoms with E-state index in [-0.39, 0.29) is 11.2 Å². The Bertz CT molecular complexity index is 418. The largest absolute Gasteiger partial charge is 0.435 e. The molecule has 88 valence electrons. The van der Waals surface area contributed by atoms with Crippen LogP contribution in [0, 0.1) is 11.3 Å². The zero-order valence-corrected chi connectivity index (χ0v) is 9.35. The number of halogens is 3. The Morgan fingerprint density at radius 1 is 1.50 bits per heavy atom. The second-order valence-corrected chi connectivity index (χ2v) is 4.26. The van der Waals surface area contributed by atoms with Crippen molar-refractivity contribution in [2.45, 2.75) is 26.1 Å². The van der Waals surface area contributed by atoms with Gasteiger partial charge in [0.15, 0.2) is 5.69 Å². The van der Waals surface area contributed by atoms with Gasteiger partial charge in [0.05, 0.1) is 0 Å². The minimum atomic E-state index is -4.63. The number of anilines is 1. The maximum absolute atomic E-state index is 12.4. The van der Waals surface area contributed by atoms with Crippen LogP contribution >= 0.6 is 11.3 Å². The van der Waals surface area contributed by atoms with Crippen molar-refractivity contribution >= 4 is 16.5 Å². The molecular formula is C8H9F3N4S. The van der Waals surface area contributed by atoms with Crippen molar-refractivity contribution < 1.29 is 13.2 Å². The summed E-state index contributed by atoms with van der Waals surface area (Å²) in [5.74, 6) is 5.52.